The van der Waals surface area contributed by atoms with Crippen molar-refractivity contribution in [2.45, 2.75) is 20.0 Å². The lowest BCUT2D eigenvalue weighted by Gasteiger charge is -2.08. The normalized spacial score (nSPS) is 10.3. The number of halogens is 1. The molecule has 4 nitrogen and oxygen atoms in total. The summed E-state index contributed by atoms with van der Waals surface area (Å²) < 4.78 is 13.7. The van der Waals surface area contributed by atoms with Gasteiger partial charge in [-0.1, -0.05) is 18.2 Å². The van der Waals surface area contributed by atoms with Crippen LogP contribution in [0, 0.1) is 12.7 Å². The number of nitrogens with two attached hydrogens (primary N) is 1. The quantitative estimate of drug-likeness (QED) is 0.894. The van der Waals surface area contributed by atoms with E-state index < -0.39 is 0 Å². The highest BCUT2D eigenvalue weighted by Crippen LogP contribution is 2.10. The molecule has 0 saturated carbocycles. The van der Waals surface area contributed by atoms with E-state index in [1.165, 1.54) is 6.07 Å². The van der Waals surface area contributed by atoms with Crippen molar-refractivity contribution in [3.63, 3.8) is 0 Å². The van der Waals surface area contributed by atoms with Crippen LogP contribution in [0.5, 0.6) is 0 Å². The van der Waals surface area contributed by atoms with Crippen LogP contribution in [0.25, 0.3) is 0 Å². The van der Waals surface area contributed by atoms with E-state index in [2.05, 4.69) is 10.3 Å². The van der Waals surface area contributed by atoms with E-state index >= 15 is 0 Å². The first-order valence-electron chi connectivity index (χ1n) is 6.29. The number of carbonyl (C=O) groups excluding carboxylic acids is 1. The lowest BCUT2D eigenvalue weighted by atomic mass is 10.1. The van der Waals surface area contributed by atoms with Crippen molar-refractivity contribution in [1.82, 2.24) is 10.3 Å². The smallest absolute Gasteiger partial charge is 0.270 e. The zero-order valence-electron chi connectivity index (χ0n) is 11.2. The average molecular weight is 273 g/mol. The van der Waals surface area contributed by atoms with Crippen molar-refractivity contribution >= 4 is 5.91 Å². The summed E-state index contributed by atoms with van der Waals surface area (Å²) in [7, 11) is 0. The Morgan fingerprint density at radius 1 is 1.40 bits per heavy atom. The standard InChI is InChI=1S/C15H16FN3O/c1-10-3-2-6-18-14(10)15(20)19-9-12-5-4-11(8-17)7-13(12)16/h2-7H,8-9,17H2,1H3,(H,19,20). The Balaban J connectivity index is 2.06. The topological polar surface area (TPSA) is 68.0 Å². The third kappa shape index (κ3) is 3.19. The van der Waals surface area contributed by atoms with Gasteiger partial charge in [0.25, 0.3) is 5.91 Å². The van der Waals surface area contributed by atoms with Crippen LogP contribution in [-0.4, -0.2) is 10.9 Å². The third-order valence-electron chi connectivity index (χ3n) is 3.02. The minimum absolute atomic E-state index is 0.117. The van der Waals surface area contributed by atoms with Gasteiger partial charge in [-0.3, -0.25) is 9.78 Å². The van der Waals surface area contributed by atoms with Crippen LogP contribution in [0.15, 0.2) is 36.5 Å². The van der Waals surface area contributed by atoms with E-state index in [-0.39, 0.29) is 24.8 Å². The van der Waals surface area contributed by atoms with Gasteiger partial charge in [-0.05, 0) is 30.2 Å². The molecule has 20 heavy (non-hydrogen) atoms. The Labute approximate surface area is 116 Å². The molecule has 2 rings (SSSR count). The molecule has 0 fully saturated rings. The minimum atomic E-state index is -0.369. The van der Waals surface area contributed by atoms with Gasteiger partial charge in [-0.25, -0.2) is 4.39 Å². The largest absolute Gasteiger partial charge is 0.347 e. The fourth-order valence-corrected chi connectivity index (χ4v) is 1.84. The predicted molar refractivity (Wildman–Crippen MR) is 74.4 cm³/mol. The molecule has 1 aromatic carbocycles. The first kappa shape index (κ1) is 14.1. The van der Waals surface area contributed by atoms with Crippen LogP contribution in [0.3, 0.4) is 0 Å². The van der Waals surface area contributed by atoms with Gasteiger partial charge in [-0.2, -0.15) is 0 Å². The van der Waals surface area contributed by atoms with Gasteiger partial charge >= 0.3 is 0 Å². The first-order chi connectivity index (χ1) is 9.61. The van der Waals surface area contributed by atoms with Crippen molar-refractivity contribution in [3.05, 3.63) is 64.7 Å². The molecule has 2 aromatic rings. The van der Waals surface area contributed by atoms with Crippen LogP contribution < -0.4 is 11.1 Å². The molecule has 0 unspecified atom stereocenters. The van der Waals surface area contributed by atoms with Gasteiger partial charge in [0.1, 0.15) is 11.5 Å². The summed E-state index contributed by atoms with van der Waals surface area (Å²) in [6.45, 7) is 2.21. The molecular weight excluding hydrogens is 257 g/mol. The summed E-state index contributed by atoms with van der Waals surface area (Å²) >= 11 is 0. The number of amides is 1. The van der Waals surface area contributed by atoms with Crippen LogP contribution >= 0.6 is 0 Å². The highest BCUT2D eigenvalue weighted by molar-refractivity contribution is 5.93. The molecule has 0 aliphatic rings. The predicted octanol–water partition coefficient (Wildman–Crippen LogP) is 1.92. The maximum absolute atomic E-state index is 13.7. The maximum atomic E-state index is 13.7. The zero-order chi connectivity index (χ0) is 14.5. The second-order valence-corrected chi connectivity index (χ2v) is 4.48. The lowest BCUT2D eigenvalue weighted by Crippen LogP contribution is -2.25. The van der Waals surface area contributed by atoms with E-state index in [0.717, 1.165) is 11.1 Å². The number of aryl methyl sites for hydroxylation is 1. The Bertz CT molecular complexity index is 628. The van der Waals surface area contributed by atoms with Crippen molar-refractivity contribution in [2.75, 3.05) is 0 Å². The lowest BCUT2D eigenvalue weighted by molar-refractivity contribution is 0.0945. The third-order valence-corrected chi connectivity index (χ3v) is 3.02. The van der Waals surface area contributed by atoms with Gasteiger partial charge in [0.15, 0.2) is 0 Å². The van der Waals surface area contributed by atoms with E-state index in [1.807, 2.05) is 0 Å². The maximum Gasteiger partial charge on any atom is 0.270 e. The van der Waals surface area contributed by atoms with E-state index in [9.17, 15) is 9.18 Å². The van der Waals surface area contributed by atoms with Crippen LogP contribution in [0.4, 0.5) is 4.39 Å². The summed E-state index contributed by atoms with van der Waals surface area (Å²) in [6.07, 6.45) is 1.55. The van der Waals surface area contributed by atoms with Crippen molar-refractivity contribution < 1.29 is 9.18 Å². The fourth-order valence-electron chi connectivity index (χ4n) is 1.84. The highest BCUT2D eigenvalue weighted by atomic mass is 19.1. The van der Waals surface area contributed by atoms with Gasteiger partial charge in [-0.15, -0.1) is 0 Å². The fraction of sp³-hybridized carbons (Fsp3) is 0.200. The second kappa shape index (κ2) is 6.25. The monoisotopic (exact) mass is 273 g/mol. The molecule has 1 heterocycles. The number of rotatable bonds is 4. The minimum Gasteiger partial charge on any atom is -0.347 e. The molecular formula is C15H16FN3O. The molecule has 0 bridgehead atoms. The molecule has 0 aliphatic carbocycles. The Morgan fingerprint density at radius 2 is 2.20 bits per heavy atom. The second-order valence-electron chi connectivity index (χ2n) is 4.48. The summed E-state index contributed by atoms with van der Waals surface area (Å²) in [5, 5.41) is 2.66. The number of hydrogen-bond donors (Lipinski definition) is 2. The van der Waals surface area contributed by atoms with E-state index in [1.54, 1.807) is 37.4 Å². The molecule has 3 N–H and O–H groups in total. The number of pyridine rings is 1. The molecule has 104 valence electrons. The molecule has 0 saturated heterocycles. The number of nitrogens with zero attached hydrogens (tertiary/aromatic N) is 1. The van der Waals surface area contributed by atoms with Gasteiger partial charge in [0.2, 0.25) is 0 Å². The van der Waals surface area contributed by atoms with Gasteiger partial charge < -0.3 is 11.1 Å². The van der Waals surface area contributed by atoms with Gasteiger partial charge in [0.05, 0.1) is 0 Å². The van der Waals surface area contributed by atoms with E-state index in [0.29, 0.717) is 11.3 Å². The SMILES string of the molecule is Cc1cccnc1C(=O)NCc1ccc(CN)cc1F. The number of hydrogen-bond acceptors (Lipinski definition) is 3. The van der Waals surface area contributed by atoms with Crippen molar-refractivity contribution in [1.29, 1.82) is 0 Å². The molecule has 0 radical (unpaired) electrons. The molecule has 1 aromatic heterocycles. The molecule has 0 spiro atoms. The molecule has 5 heteroatoms. The molecule has 0 aliphatic heterocycles. The summed E-state index contributed by atoms with van der Waals surface area (Å²) in [5.41, 5.74) is 7.71. The summed E-state index contributed by atoms with van der Waals surface area (Å²) in [4.78, 5) is 16.0. The molecule has 1 amide bonds. The Morgan fingerprint density at radius 3 is 2.85 bits per heavy atom. The molecule has 0 atom stereocenters. The number of benzene rings is 1. The Hall–Kier alpha value is -2.27. The zero-order valence-corrected chi connectivity index (χ0v) is 11.2. The van der Waals surface area contributed by atoms with E-state index in [4.69, 9.17) is 5.73 Å². The number of nitrogens with one attached hydrogen (secondary N) is 1. The Kier molecular flexibility index (Phi) is 4.42. The van der Waals surface area contributed by atoms with Crippen LogP contribution in [0.2, 0.25) is 0 Å². The first-order valence-corrected chi connectivity index (χ1v) is 6.29. The number of carbonyl (C=O) groups is 1. The average Bonchev–Trinajstić information content (AvgIpc) is 2.46. The number of aromatic nitrogens is 1. The van der Waals surface area contributed by atoms with Crippen molar-refractivity contribution in [3.8, 4) is 0 Å². The summed E-state index contributed by atoms with van der Waals surface area (Å²) in [5.74, 6) is -0.684. The highest BCUT2D eigenvalue weighted by Gasteiger charge is 2.11. The summed E-state index contributed by atoms with van der Waals surface area (Å²) in [6, 6.07) is 8.32. The van der Waals surface area contributed by atoms with Crippen LogP contribution in [0.1, 0.15) is 27.2 Å². The van der Waals surface area contributed by atoms with Gasteiger partial charge in [0, 0.05) is 24.8 Å². The van der Waals surface area contributed by atoms with Crippen molar-refractivity contribution in [2.24, 2.45) is 5.73 Å². The van der Waals surface area contributed by atoms with Crippen LogP contribution in [-0.2, 0) is 13.1 Å².